The first-order chi connectivity index (χ1) is 18.8. The van der Waals surface area contributed by atoms with Crippen LogP contribution in [0.2, 0.25) is 0 Å². The summed E-state index contributed by atoms with van der Waals surface area (Å²) >= 11 is 0. The third-order valence-electron chi connectivity index (χ3n) is 6.28. The molecule has 0 radical (unpaired) electrons. The van der Waals surface area contributed by atoms with E-state index in [1.165, 1.54) is 31.9 Å². The quantitative estimate of drug-likeness (QED) is 0.194. The predicted molar refractivity (Wildman–Crippen MR) is 146 cm³/mol. The Morgan fingerprint density at radius 2 is 1.59 bits per heavy atom. The van der Waals surface area contributed by atoms with Crippen molar-refractivity contribution >= 4 is 17.7 Å². The van der Waals surface area contributed by atoms with Gasteiger partial charge in [0, 0.05) is 31.5 Å². The van der Waals surface area contributed by atoms with E-state index in [1.54, 1.807) is 0 Å². The van der Waals surface area contributed by atoms with Crippen LogP contribution in [0.25, 0.3) is 0 Å². The second-order valence-corrected chi connectivity index (χ2v) is 9.16. The summed E-state index contributed by atoms with van der Waals surface area (Å²) in [7, 11) is 1.39. The van der Waals surface area contributed by atoms with Gasteiger partial charge in [-0.15, -0.1) is 0 Å². The highest BCUT2D eigenvalue weighted by molar-refractivity contribution is 5.99. The number of carbonyl (C=O) groups is 3. The Morgan fingerprint density at radius 3 is 2.21 bits per heavy atom. The van der Waals surface area contributed by atoms with Crippen molar-refractivity contribution in [1.82, 2.24) is 4.98 Å². The summed E-state index contributed by atoms with van der Waals surface area (Å²) in [6, 6.07) is 21.0. The van der Waals surface area contributed by atoms with E-state index in [-0.39, 0.29) is 36.0 Å². The number of carbonyl (C=O) groups excluding carboxylic acids is 3. The smallest absolute Gasteiger partial charge is 0.308 e. The lowest BCUT2D eigenvalue weighted by Crippen LogP contribution is -2.40. The summed E-state index contributed by atoms with van der Waals surface area (Å²) < 4.78 is 22.5. The normalized spacial score (nSPS) is 13.0. The fourth-order valence-corrected chi connectivity index (χ4v) is 4.34. The molecule has 0 saturated carbocycles. The second kappa shape index (κ2) is 14.7. The Labute approximate surface area is 229 Å². The van der Waals surface area contributed by atoms with Gasteiger partial charge in [0.05, 0.1) is 13.5 Å². The first-order valence-corrected chi connectivity index (χ1v) is 13.0. The summed E-state index contributed by atoms with van der Waals surface area (Å²) in [5.41, 5.74) is 1.09. The predicted octanol–water partition coefficient (Wildman–Crippen LogP) is 5.63. The maximum absolute atomic E-state index is 12.9. The van der Waals surface area contributed by atoms with E-state index in [2.05, 4.69) is 24.0 Å². The number of aromatic nitrogens is 1. The van der Waals surface area contributed by atoms with Crippen LogP contribution in [0.4, 0.5) is 0 Å². The van der Waals surface area contributed by atoms with E-state index >= 15 is 0 Å². The van der Waals surface area contributed by atoms with Crippen molar-refractivity contribution in [3.8, 4) is 17.2 Å². The fourth-order valence-electron chi connectivity index (χ4n) is 4.34. The molecule has 0 fully saturated rings. The van der Waals surface area contributed by atoms with Crippen LogP contribution in [0.15, 0.2) is 72.9 Å². The van der Waals surface area contributed by atoms with Gasteiger partial charge in [0.25, 0.3) is 0 Å². The molecule has 0 saturated heterocycles. The van der Waals surface area contributed by atoms with Gasteiger partial charge in [0.2, 0.25) is 5.75 Å². The van der Waals surface area contributed by atoms with E-state index in [9.17, 15) is 14.4 Å². The van der Waals surface area contributed by atoms with Crippen molar-refractivity contribution < 1.29 is 33.3 Å². The van der Waals surface area contributed by atoms with E-state index in [0.29, 0.717) is 5.75 Å². The van der Waals surface area contributed by atoms with Crippen LogP contribution in [-0.4, -0.2) is 42.0 Å². The molecule has 1 heterocycles. The van der Waals surface area contributed by atoms with Gasteiger partial charge in [-0.05, 0) is 37.5 Å². The number of pyridine rings is 1. The number of methoxy groups -OCH3 is 1. The van der Waals surface area contributed by atoms with Gasteiger partial charge in [-0.1, -0.05) is 55.5 Å². The van der Waals surface area contributed by atoms with E-state index in [4.69, 9.17) is 18.9 Å². The number of ether oxygens (including phenoxy) is 4. The van der Waals surface area contributed by atoms with Crippen LogP contribution >= 0.6 is 0 Å². The highest BCUT2D eigenvalue weighted by Gasteiger charge is 2.31. The molecule has 3 aromatic rings. The molecule has 3 atom stereocenters. The molecule has 0 aliphatic rings. The van der Waals surface area contributed by atoms with Gasteiger partial charge >= 0.3 is 11.9 Å². The van der Waals surface area contributed by atoms with Gasteiger partial charge < -0.3 is 18.9 Å². The first kappa shape index (κ1) is 29.4. The third-order valence-corrected chi connectivity index (χ3v) is 6.28. The molecule has 3 rings (SSSR count). The summed E-state index contributed by atoms with van der Waals surface area (Å²) in [5.74, 6) is -0.731. The number of hydrogen-bond donors (Lipinski definition) is 0. The molecule has 8 heteroatoms. The average Bonchev–Trinajstić information content (AvgIpc) is 2.94. The lowest BCUT2D eigenvalue weighted by Gasteiger charge is -2.32. The van der Waals surface area contributed by atoms with Crippen LogP contribution in [0.5, 0.6) is 17.2 Å². The van der Waals surface area contributed by atoms with Crippen molar-refractivity contribution in [1.29, 1.82) is 0 Å². The largest absolute Gasteiger partial charge is 0.493 e. The molecule has 39 heavy (non-hydrogen) atoms. The van der Waals surface area contributed by atoms with Gasteiger partial charge in [-0.25, -0.2) is 4.98 Å². The van der Waals surface area contributed by atoms with Gasteiger partial charge in [-0.2, -0.15) is 0 Å². The maximum atomic E-state index is 12.9. The highest BCUT2D eigenvalue weighted by Crippen LogP contribution is 2.31. The fraction of sp³-hybridized carbons (Fsp3) is 0.355. The minimum absolute atomic E-state index is 0.0674. The van der Waals surface area contributed by atoms with E-state index < -0.39 is 29.9 Å². The Morgan fingerprint density at radius 1 is 0.923 bits per heavy atom. The van der Waals surface area contributed by atoms with E-state index in [1.807, 2.05) is 55.5 Å². The molecule has 0 spiro atoms. The van der Waals surface area contributed by atoms with Crippen LogP contribution in [-0.2, 0) is 20.7 Å². The van der Waals surface area contributed by atoms with Crippen molar-refractivity contribution in [3.63, 3.8) is 0 Å². The van der Waals surface area contributed by atoms with Crippen LogP contribution in [0.3, 0.4) is 0 Å². The highest BCUT2D eigenvalue weighted by atomic mass is 16.6. The summed E-state index contributed by atoms with van der Waals surface area (Å²) in [6.07, 6.45) is 1.62. The van der Waals surface area contributed by atoms with Crippen molar-refractivity contribution in [2.24, 2.45) is 5.92 Å². The van der Waals surface area contributed by atoms with Crippen molar-refractivity contribution in [3.05, 3.63) is 84.2 Å². The van der Waals surface area contributed by atoms with Crippen LogP contribution < -0.4 is 14.2 Å². The van der Waals surface area contributed by atoms with Gasteiger partial charge in [0.1, 0.15) is 18.0 Å². The Bertz CT molecular complexity index is 1230. The van der Waals surface area contributed by atoms with Crippen molar-refractivity contribution in [2.45, 2.75) is 58.7 Å². The number of Topliss-reactive ketones (excluding diaryl/α,β-unsaturated/α-hetero) is 1. The van der Waals surface area contributed by atoms with Crippen LogP contribution in [0.1, 0.15) is 56.1 Å². The summed E-state index contributed by atoms with van der Waals surface area (Å²) in [4.78, 5) is 41.3. The molecule has 0 N–H and O–H groups in total. The summed E-state index contributed by atoms with van der Waals surface area (Å²) in [6.45, 7) is 5.11. The lowest BCUT2D eigenvalue weighted by molar-refractivity contribution is -0.154. The molecule has 0 bridgehead atoms. The molecular weight excluding hydrogens is 498 g/mol. The number of ketones is 1. The van der Waals surface area contributed by atoms with Gasteiger partial charge in [-0.3, -0.25) is 14.4 Å². The Kier molecular flexibility index (Phi) is 11.0. The number of nitrogens with zero attached hydrogens (tertiary/aromatic N) is 1. The van der Waals surface area contributed by atoms with Gasteiger partial charge in [0.15, 0.2) is 17.2 Å². The molecule has 0 amide bonds. The number of esters is 2. The van der Waals surface area contributed by atoms with Crippen molar-refractivity contribution in [2.75, 3.05) is 7.11 Å². The minimum atomic E-state index is -0.617. The molecule has 1 aromatic heterocycles. The SMILES string of the molecule is CC[C@H](Cc1ccccc1)[C@@H](Oc1ccccc1)[C@H](C)OC(=O)CCC(=O)c1nccc(OC)c1OC(C)=O. The van der Waals surface area contributed by atoms with E-state index in [0.717, 1.165) is 12.8 Å². The number of benzene rings is 2. The third kappa shape index (κ3) is 8.67. The average molecular weight is 534 g/mol. The zero-order valence-corrected chi connectivity index (χ0v) is 22.8. The maximum Gasteiger partial charge on any atom is 0.308 e. The minimum Gasteiger partial charge on any atom is -0.493 e. The summed E-state index contributed by atoms with van der Waals surface area (Å²) in [5, 5.41) is 0. The lowest BCUT2D eigenvalue weighted by atomic mass is 9.89. The monoisotopic (exact) mass is 533 g/mol. The molecule has 0 unspecified atom stereocenters. The molecule has 2 aromatic carbocycles. The van der Waals surface area contributed by atoms with Crippen LogP contribution in [0, 0.1) is 5.92 Å². The standard InChI is InChI=1S/C31H35NO7/c1-5-24(20-23-12-8-6-9-13-23)30(39-25-14-10-7-11-15-25)21(2)37-28(35)17-16-26(34)29-31(38-22(3)33)27(36-4)18-19-32-29/h6-15,18-19,21,24,30H,5,16-17,20H2,1-4H3/t21-,24+,30-/m0/s1. The zero-order chi connectivity index (χ0) is 28.2. The topological polar surface area (TPSA) is 101 Å². The zero-order valence-electron chi connectivity index (χ0n) is 22.8. The first-order valence-electron chi connectivity index (χ1n) is 13.0. The number of hydrogen-bond acceptors (Lipinski definition) is 8. The molecule has 0 aliphatic carbocycles. The molecular formula is C31H35NO7. The Balaban J connectivity index is 1.70. The number of rotatable bonds is 14. The molecule has 8 nitrogen and oxygen atoms in total. The molecule has 206 valence electrons. The Hall–Kier alpha value is -4.20. The number of para-hydroxylation sites is 1. The molecule has 0 aliphatic heterocycles. The second-order valence-electron chi connectivity index (χ2n) is 9.16.